The summed E-state index contributed by atoms with van der Waals surface area (Å²) >= 11 is 0. The minimum absolute atomic E-state index is 0. The maximum atomic E-state index is 11.7. The first-order valence-electron chi connectivity index (χ1n) is 10.9. The van der Waals surface area contributed by atoms with Gasteiger partial charge in [0.1, 0.15) is 0 Å². The van der Waals surface area contributed by atoms with Crippen molar-refractivity contribution in [1.82, 2.24) is 4.98 Å². The van der Waals surface area contributed by atoms with Crippen molar-refractivity contribution in [2.45, 2.75) is 53.4 Å². The molecule has 0 saturated carbocycles. The normalized spacial score (nSPS) is 11.1. The summed E-state index contributed by atoms with van der Waals surface area (Å²) in [5.41, 5.74) is 0.653. The van der Waals surface area contributed by atoms with Gasteiger partial charge in [-0.3, -0.25) is 4.79 Å². The molecule has 1 N–H and O–H groups in total. The van der Waals surface area contributed by atoms with E-state index in [2.05, 4.69) is 11.1 Å². The van der Waals surface area contributed by atoms with E-state index >= 15 is 0 Å². The Balaban J connectivity index is 0.000000312. The Bertz CT molecular complexity index is 960. The van der Waals surface area contributed by atoms with Crippen molar-refractivity contribution in [1.29, 1.82) is 0 Å². The van der Waals surface area contributed by atoms with Crippen LogP contribution in [-0.2, 0) is 24.9 Å². The number of pyridine rings is 1. The van der Waals surface area contributed by atoms with Crippen molar-refractivity contribution in [2.24, 2.45) is 11.8 Å². The molecular formula is C26H32IrNO4-. The number of carbonyl (C=O) groups excluding carboxylic acids is 1. The summed E-state index contributed by atoms with van der Waals surface area (Å²) < 4.78 is 10.9. The van der Waals surface area contributed by atoms with Crippen LogP contribution in [0.15, 0.2) is 65.1 Å². The molecule has 1 aromatic carbocycles. The molecule has 0 aliphatic heterocycles. The van der Waals surface area contributed by atoms with Crippen LogP contribution in [0.1, 0.15) is 53.4 Å². The van der Waals surface area contributed by atoms with E-state index in [1.165, 1.54) is 6.08 Å². The van der Waals surface area contributed by atoms with Gasteiger partial charge in [-0.15, -0.1) is 12.1 Å². The molecule has 6 heteroatoms. The molecule has 0 atom stereocenters. The number of hydrogen-bond donors (Lipinski definition) is 1. The third-order valence-electron chi connectivity index (χ3n) is 5.30. The predicted molar refractivity (Wildman–Crippen MR) is 123 cm³/mol. The largest absolute Gasteiger partial charge is 0.512 e. The van der Waals surface area contributed by atoms with Crippen molar-refractivity contribution in [3.05, 3.63) is 66.8 Å². The predicted octanol–water partition coefficient (Wildman–Crippen LogP) is 7.29. The van der Waals surface area contributed by atoms with Crippen LogP contribution in [0, 0.1) is 17.9 Å². The van der Waals surface area contributed by atoms with Crippen molar-refractivity contribution in [3.63, 3.8) is 0 Å². The summed E-state index contributed by atoms with van der Waals surface area (Å²) in [6.45, 7) is 8.07. The SMILES string of the molecule is CCC(CC)C(=O)/C=C(\O)C(CC)CC.[Ir].[c-]1ccccc1Oc1nccc2ccoc12. The number of carbonyl (C=O) groups is 1. The van der Waals surface area contributed by atoms with Crippen LogP contribution in [-0.4, -0.2) is 15.9 Å². The quantitative estimate of drug-likeness (QED) is 0.156. The number of fused-ring (bicyclic) bond motifs is 1. The summed E-state index contributed by atoms with van der Waals surface area (Å²) in [5, 5.41) is 10.7. The van der Waals surface area contributed by atoms with Gasteiger partial charge in [0.15, 0.2) is 11.4 Å². The molecule has 0 amide bonds. The molecule has 175 valence electrons. The first-order valence-corrected chi connectivity index (χ1v) is 10.9. The number of allylic oxidation sites excluding steroid dienone is 2. The number of aromatic nitrogens is 1. The van der Waals surface area contributed by atoms with Gasteiger partial charge in [0.05, 0.1) is 12.0 Å². The van der Waals surface area contributed by atoms with Crippen LogP contribution in [0.4, 0.5) is 0 Å². The van der Waals surface area contributed by atoms with Crippen LogP contribution in [0.5, 0.6) is 11.6 Å². The monoisotopic (exact) mass is 615 g/mol. The Morgan fingerprint density at radius 3 is 2.38 bits per heavy atom. The van der Waals surface area contributed by atoms with E-state index in [9.17, 15) is 9.90 Å². The van der Waals surface area contributed by atoms with E-state index < -0.39 is 0 Å². The minimum atomic E-state index is 0. The zero-order valence-corrected chi connectivity index (χ0v) is 21.5. The van der Waals surface area contributed by atoms with Crippen LogP contribution >= 0.6 is 0 Å². The fourth-order valence-corrected chi connectivity index (χ4v) is 3.26. The summed E-state index contributed by atoms with van der Waals surface area (Å²) in [5.74, 6) is 1.63. The minimum Gasteiger partial charge on any atom is -0.512 e. The van der Waals surface area contributed by atoms with E-state index in [1.54, 1.807) is 18.5 Å². The van der Waals surface area contributed by atoms with E-state index in [4.69, 9.17) is 9.15 Å². The average molecular weight is 615 g/mol. The molecule has 2 heterocycles. The molecule has 2 aromatic heterocycles. The second kappa shape index (κ2) is 14.6. The summed E-state index contributed by atoms with van der Waals surface area (Å²) in [6, 6.07) is 14.1. The smallest absolute Gasteiger partial charge is 0.261 e. The Morgan fingerprint density at radius 1 is 1.09 bits per heavy atom. The van der Waals surface area contributed by atoms with Gasteiger partial charge in [0, 0.05) is 55.3 Å². The summed E-state index contributed by atoms with van der Waals surface area (Å²) in [6.07, 6.45) is 8.22. The Labute approximate surface area is 204 Å². The molecule has 0 unspecified atom stereocenters. The molecule has 0 aliphatic carbocycles. The molecule has 3 aromatic rings. The van der Waals surface area contributed by atoms with Gasteiger partial charge < -0.3 is 14.3 Å². The van der Waals surface area contributed by atoms with Gasteiger partial charge >= 0.3 is 0 Å². The summed E-state index contributed by atoms with van der Waals surface area (Å²) in [7, 11) is 0. The maximum absolute atomic E-state index is 11.7. The number of aliphatic hydroxyl groups excluding tert-OH is 1. The number of benzene rings is 1. The zero-order valence-electron chi connectivity index (χ0n) is 19.1. The first kappa shape index (κ1) is 27.6. The zero-order chi connectivity index (χ0) is 22.6. The van der Waals surface area contributed by atoms with Crippen molar-refractivity contribution in [2.75, 3.05) is 0 Å². The molecule has 0 bridgehead atoms. The van der Waals surface area contributed by atoms with Gasteiger partial charge in [-0.2, -0.15) is 18.2 Å². The second-order valence-electron chi connectivity index (χ2n) is 7.28. The third kappa shape index (κ3) is 7.92. The molecule has 0 fully saturated rings. The van der Waals surface area contributed by atoms with Crippen LogP contribution in [0.2, 0.25) is 0 Å². The molecule has 0 aliphatic rings. The molecule has 5 nitrogen and oxygen atoms in total. The van der Waals surface area contributed by atoms with Gasteiger partial charge in [-0.25, -0.2) is 4.98 Å². The molecule has 32 heavy (non-hydrogen) atoms. The summed E-state index contributed by atoms with van der Waals surface area (Å²) in [4.78, 5) is 15.9. The molecular weight excluding hydrogens is 583 g/mol. The van der Waals surface area contributed by atoms with Gasteiger partial charge in [0.2, 0.25) is 0 Å². The van der Waals surface area contributed by atoms with Crippen LogP contribution in [0.3, 0.4) is 0 Å². The number of nitrogens with zero attached hydrogens (tertiary/aromatic N) is 1. The van der Waals surface area contributed by atoms with Crippen molar-refractivity contribution >= 4 is 16.8 Å². The number of furan rings is 1. The fraction of sp³-hybridized carbons (Fsp3) is 0.385. The number of aliphatic hydroxyl groups is 1. The number of ether oxygens (including phenoxy) is 1. The first-order chi connectivity index (χ1) is 15.0. The van der Waals surface area contributed by atoms with Crippen molar-refractivity contribution < 1.29 is 39.2 Å². The third-order valence-corrected chi connectivity index (χ3v) is 5.30. The number of para-hydroxylation sites is 1. The molecule has 1 radical (unpaired) electrons. The number of ketones is 1. The average Bonchev–Trinajstić information content (AvgIpc) is 3.27. The van der Waals surface area contributed by atoms with E-state index in [0.717, 1.165) is 31.1 Å². The topological polar surface area (TPSA) is 72.6 Å². The van der Waals surface area contributed by atoms with Gasteiger partial charge in [-0.1, -0.05) is 27.7 Å². The molecule has 0 saturated heterocycles. The fourth-order valence-electron chi connectivity index (χ4n) is 3.26. The van der Waals surface area contributed by atoms with Crippen LogP contribution < -0.4 is 4.74 Å². The Morgan fingerprint density at radius 2 is 1.78 bits per heavy atom. The van der Waals surface area contributed by atoms with Gasteiger partial charge in [0.25, 0.3) is 5.88 Å². The van der Waals surface area contributed by atoms with Crippen LogP contribution in [0.25, 0.3) is 11.0 Å². The Hall–Kier alpha value is -2.43. The van der Waals surface area contributed by atoms with E-state index in [1.807, 2.05) is 58.0 Å². The number of hydrogen-bond acceptors (Lipinski definition) is 5. The van der Waals surface area contributed by atoms with Gasteiger partial charge in [-0.05, 0) is 37.8 Å². The molecule has 0 spiro atoms. The number of rotatable bonds is 9. The van der Waals surface area contributed by atoms with E-state index in [0.29, 0.717) is 17.2 Å². The standard InChI is InChI=1S/C13H8NO2.C13H24O2.Ir/c1-2-4-11(5-3-1)16-13-12-10(6-8-14-13)7-9-15-12;1-5-10(6-2)12(14)9-13(15)11(7-3)8-4;/h1-4,6-9H;9-11,14H,5-8H2,1-4H3;/q-1;;/b;12-9-;. The molecule has 3 rings (SSSR count). The van der Waals surface area contributed by atoms with Crippen molar-refractivity contribution in [3.8, 4) is 11.6 Å². The maximum Gasteiger partial charge on any atom is 0.261 e. The Kier molecular flexibility index (Phi) is 12.6. The van der Waals surface area contributed by atoms with E-state index in [-0.39, 0.29) is 43.5 Å². The second-order valence-corrected chi connectivity index (χ2v) is 7.28.